The highest BCUT2D eigenvalue weighted by Crippen LogP contribution is 2.17. The molecule has 106 valence electrons. The molecule has 3 heteroatoms. The molecular weight excluding hydrogens is 222 g/mol. The lowest BCUT2D eigenvalue weighted by Gasteiger charge is -2.32. The van der Waals surface area contributed by atoms with Gasteiger partial charge < -0.3 is 15.1 Å². The van der Waals surface area contributed by atoms with Crippen LogP contribution in [-0.2, 0) is 0 Å². The summed E-state index contributed by atoms with van der Waals surface area (Å²) in [5.74, 6) is 0. The molecule has 2 rings (SSSR count). The first-order valence-electron chi connectivity index (χ1n) is 7.99. The standard InChI is InChI=1S/C15H31N3/c1-17-11-6-3-7-15(17)8-9-16-10-14-18-12-4-2-5-13-18/h15-16H,2-14H2,1H3. The lowest BCUT2D eigenvalue weighted by atomic mass is 10.0. The van der Waals surface area contributed by atoms with Gasteiger partial charge in [-0.3, -0.25) is 0 Å². The lowest BCUT2D eigenvalue weighted by molar-refractivity contribution is 0.174. The van der Waals surface area contributed by atoms with E-state index in [1.54, 1.807) is 0 Å². The van der Waals surface area contributed by atoms with E-state index < -0.39 is 0 Å². The Hall–Kier alpha value is -0.120. The maximum Gasteiger partial charge on any atom is 0.0107 e. The van der Waals surface area contributed by atoms with Crippen LogP contribution in [0.2, 0.25) is 0 Å². The molecule has 2 heterocycles. The smallest absolute Gasteiger partial charge is 0.0107 e. The maximum atomic E-state index is 3.63. The quantitative estimate of drug-likeness (QED) is 0.730. The predicted molar refractivity (Wildman–Crippen MR) is 78.0 cm³/mol. The highest BCUT2D eigenvalue weighted by atomic mass is 15.1. The van der Waals surface area contributed by atoms with Crippen molar-refractivity contribution in [2.75, 3.05) is 46.3 Å². The molecule has 18 heavy (non-hydrogen) atoms. The summed E-state index contributed by atoms with van der Waals surface area (Å²) in [6, 6.07) is 0.834. The molecule has 0 aromatic carbocycles. The molecule has 2 saturated heterocycles. The molecule has 1 atom stereocenters. The minimum Gasteiger partial charge on any atom is -0.315 e. The molecule has 2 aliphatic rings. The third-order valence-electron chi connectivity index (χ3n) is 4.63. The summed E-state index contributed by atoms with van der Waals surface area (Å²) < 4.78 is 0. The summed E-state index contributed by atoms with van der Waals surface area (Å²) in [5.41, 5.74) is 0. The Labute approximate surface area is 113 Å². The fourth-order valence-electron chi connectivity index (χ4n) is 3.32. The monoisotopic (exact) mass is 253 g/mol. The highest BCUT2D eigenvalue weighted by molar-refractivity contribution is 4.75. The molecule has 1 N–H and O–H groups in total. The van der Waals surface area contributed by atoms with Gasteiger partial charge in [0.15, 0.2) is 0 Å². The Morgan fingerprint density at radius 3 is 2.50 bits per heavy atom. The van der Waals surface area contributed by atoms with Crippen LogP contribution in [0.3, 0.4) is 0 Å². The second kappa shape index (κ2) is 8.13. The average molecular weight is 253 g/mol. The summed E-state index contributed by atoms with van der Waals surface area (Å²) in [4.78, 5) is 5.17. The van der Waals surface area contributed by atoms with Gasteiger partial charge >= 0.3 is 0 Å². The van der Waals surface area contributed by atoms with E-state index in [2.05, 4.69) is 22.2 Å². The van der Waals surface area contributed by atoms with Crippen molar-refractivity contribution in [1.29, 1.82) is 0 Å². The number of likely N-dealkylation sites (tertiary alicyclic amines) is 2. The third kappa shape index (κ3) is 4.87. The van der Waals surface area contributed by atoms with E-state index in [0.29, 0.717) is 0 Å². The van der Waals surface area contributed by atoms with E-state index >= 15 is 0 Å². The van der Waals surface area contributed by atoms with E-state index in [9.17, 15) is 0 Å². The topological polar surface area (TPSA) is 18.5 Å². The van der Waals surface area contributed by atoms with E-state index in [4.69, 9.17) is 0 Å². The van der Waals surface area contributed by atoms with E-state index in [-0.39, 0.29) is 0 Å². The molecule has 0 radical (unpaired) electrons. The number of piperidine rings is 2. The van der Waals surface area contributed by atoms with Crippen molar-refractivity contribution in [2.24, 2.45) is 0 Å². The molecule has 0 saturated carbocycles. The number of hydrogen-bond acceptors (Lipinski definition) is 3. The number of nitrogens with one attached hydrogen (secondary N) is 1. The average Bonchev–Trinajstić information content (AvgIpc) is 2.42. The predicted octanol–water partition coefficient (Wildman–Crippen LogP) is 1.94. The zero-order valence-corrected chi connectivity index (χ0v) is 12.2. The van der Waals surface area contributed by atoms with Crippen molar-refractivity contribution >= 4 is 0 Å². The van der Waals surface area contributed by atoms with Gasteiger partial charge in [0.05, 0.1) is 0 Å². The molecular formula is C15H31N3. The number of hydrogen-bond donors (Lipinski definition) is 1. The fraction of sp³-hybridized carbons (Fsp3) is 1.00. The van der Waals surface area contributed by atoms with Gasteiger partial charge in [0.25, 0.3) is 0 Å². The van der Waals surface area contributed by atoms with Crippen LogP contribution in [0.5, 0.6) is 0 Å². The van der Waals surface area contributed by atoms with E-state index in [0.717, 1.165) is 6.04 Å². The largest absolute Gasteiger partial charge is 0.315 e. The third-order valence-corrected chi connectivity index (χ3v) is 4.63. The van der Waals surface area contributed by atoms with Crippen LogP contribution in [0.4, 0.5) is 0 Å². The van der Waals surface area contributed by atoms with Gasteiger partial charge in [0, 0.05) is 19.1 Å². The molecule has 1 unspecified atom stereocenters. The summed E-state index contributed by atoms with van der Waals surface area (Å²) in [6.07, 6.45) is 9.83. The fourth-order valence-corrected chi connectivity index (χ4v) is 3.32. The Morgan fingerprint density at radius 2 is 1.72 bits per heavy atom. The Balaban J connectivity index is 1.47. The number of nitrogens with zero attached hydrogens (tertiary/aromatic N) is 2. The molecule has 2 aliphatic heterocycles. The first-order valence-corrected chi connectivity index (χ1v) is 7.99. The second-order valence-electron chi connectivity index (χ2n) is 6.07. The highest BCUT2D eigenvalue weighted by Gasteiger charge is 2.17. The number of rotatable bonds is 6. The van der Waals surface area contributed by atoms with Gasteiger partial charge in [-0.25, -0.2) is 0 Å². The summed E-state index contributed by atoms with van der Waals surface area (Å²) in [7, 11) is 2.29. The van der Waals surface area contributed by atoms with Crippen LogP contribution in [0.25, 0.3) is 0 Å². The van der Waals surface area contributed by atoms with Gasteiger partial charge in [0.2, 0.25) is 0 Å². The zero-order chi connectivity index (χ0) is 12.6. The van der Waals surface area contributed by atoms with Crippen molar-refractivity contribution in [1.82, 2.24) is 15.1 Å². The minimum atomic E-state index is 0.834. The van der Waals surface area contributed by atoms with Crippen molar-refractivity contribution in [3.63, 3.8) is 0 Å². The van der Waals surface area contributed by atoms with Gasteiger partial charge in [-0.15, -0.1) is 0 Å². The van der Waals surface area contributed by atoms with Crippen molar-refractivity contribution < 1.29 is 0 Å². The van der Waals surface area contributed by atoms with Crippen LogP contribution in [0, 0.1) is 0 Å². The van der Waals surface area contributed by atoms with Crippen LogP contribution >= 0.6 is 0 Å². The summed E-state index contributed by atoms with van der Waals surface area (Å²) in [6.45, 7) is 7.58. The molecule has 0 spiro atoms. The summed E-state index contributed by atoms with van der Waals surface area (Å²) in [5, 5.41) is 3.63. The molecule has 0 amide bonds. The van der Waals surface area contributed by atoms with E-state index in [1.807, 2.05) is 0 Å². The van der Waals surface area contributed by atoms with Gasteiger partial charge in [-0.05, 0) is 65.3 Å². The molecule has 0 aromatic heterocycles. The van der Waals surface area contributed by atoms with Gasteiger partial charge in [-0.2, -0.15) is 0 Å². The van der Waals surface area contributed by atoms with Crippen LogP contribution in [-0.4, -0.2) is 62.2 Å². The minimum absolute atomic E-state index is 0.834. The van der Waals surface area contributed by atoms with Crippen molar-refractivity contribution in [2.45, 2.75) is 51.0 Å². The normalized spacial score (nSPS) is 27.5. The molecule has 0 bridgehead atoms. The van der Waals surface area contributed by atoms with Gasteiger partial charge in [0.1, 0.15) is 0 Å². The molecule has 0 aromatic rings. The van der Waals surface area contributed by atoms with Crippen LogP contribution in [0.15, 0.2) is 0 Å². The lowest BCUT2D eigenvalue weighted by Crippen LogP contribution is -2.40. The summed E-state index contributed by atoms with van der Waals surface area (Å²) >= 11 is 0. The maximum absolute atomic E-state index is 3.63. The molecule has 2 fully saturated rings. The van der Waals surface area contributed by atoms with Crippen molar-refractivity contribution in [3.05, 3.63) is 0 Å². The van der Waals surface area contributed by atoms with Crippen LogP contribution < -0.4 is 5.32 Å². The van der Waals surface area contributed by atoms with E-state index in [1.165, 1.54) is 84.2 Å². The zero-order valence-electron chi connectivity index (χ0n) is 12.2. The Kier molecular flexibility index (Phi) is 6.46. The molecule has 3 nitrogen and oxygen atoms in total. The van der Waals surface area contributed by atoms with Crippen molar-refractivity contribution in [3.8, 4) is 0 Å². The Bertz CT molecular complexity index is 214. The van der Waals surface area contributed by atoms with Crippen LogP contribution in [0.1, 0.15) is 44.9 Å². The van der Waals surface area contributed by atoms with Gasteiger partial charge in [-0.1, -0.05) is 12.8 Å². The first-order chi connectivity index (χ1) is 8.86. The SMILES string of the molecule is CN1CCCCC1CCNCCN1CCCCC1. The first kappa shape index (κ1) is 14.3. The Morgan fingerprint density at radius 1 is 0.944 bits per heavy atom. The molecule has 0 aliphatic carbocycles. The second-order valence-corrected chi connectivity index (χ2v) is 6.07.